The zero-order valence-corrected chi connectivity index (χ0v) is 10.0. The largest absolute Gasteiger partial charge is 0.351 e. The summed E-state index contributed by atoms with van der Waals surface area (Å²) in [6.45, 7) is 5.77. The van der Waals surface area contributed by atoms with Crippen LogP contribution in [0, 0.1) is 5.41 Å². The van der Waals surface area contributed by atoms with E-state index in [1.807, 2.05) is 20.8 Å². The number of hydrogen-bond donors (Lipinski definition) is 1. The number of rotatable bonds is 1. The summed E-state index contributed by atoms with van der Waals surface area (Å²) >= 11 is 6.16. The maximum absolute atomic E-state index is 11.7. The van der Waals surface area contributed by atoms with Crippen molar-refractivity contribution in [3.63, 3.8) is 0 Å². The van der Waals surface area contributed by atoms with Crippen LogP contribution in [0.15, 0.2) is 0 Å². The summed E-state index contributed by atoms with van der Waals surface area (Å²) < 4.78 is 0. The smallest absolute Gasteiger partial charge is 0.225 e. The number of carbonyl (C=O) groups is 1. The molecule has 0 aliphatic heterocycles. The predicted molar refractivity (Wildman–Crippen MR) is 59.5 cm³/mol. The third-order valence-corrected chi connectivity index (χ3v) is 3.20. The monoisotopic (exact) mass is 217 g/mol. The lowest BCUT2D eigenvalue weighted by Gasteiger charge is -2.30. The highest BCUT2D eigenvalue weighted by atomic mass is 35.5. The molecule has 0 heterocycles. The van der Waals surface area contributed by atoms with Gasteiger partial charge in [0.1, 0.15) is 0 Å². The standard InChI is InChI=1S/C11H20ClNO/c1-11(2,3)10(14)13-9-7-5-4-6-8(9)12/h8-9H,4-7H2,1-3H3,(H,13,14)/t8-,9-/m1/s1. The van der Waals surface area contributed by atoms with E-state index in [-0.39, 0.29) is 22.7 Å². The maximum atomic E-state index is 11.7. The molecule has 0 aromatic rings. The Kier molecular flexibility index (Phi) is 3.82. The van der Waals surface area contributed by atoms with E-state index < -0.39 is 0 Å². The molecule has 1 saturated carbocycles. The van der Waals surface area contributed by atoms with E-state index in [1.165, 1.54) is 12.8 Å². The van der Waals surface area contributed by atoms with Gasteiger partial charge in [-0.05, 0) is 12.8 Å². The van der Waals surface area contributed by atoms with Crippen molar-refractivity contribution in [3.8, 4) is 0 Å². The fourth-order valence-corrected chi connectivity index (χ4v) is 1.98. The van der Waals surface area contributed by atoms with Crippen LogP contribution in [0.1, 0.15) is 46.5 Å². The lowest BCUT2D eigenvalue weighted by Crippen LogP contribution is -2.47. The molecule has 2 nitrogen and oxygen atoms in total. The van der Waals surface area contributed by atoms with Crippen LogP contribution in [-0.2, 0) is 4.79 Å². The predicted octanol–water partition coefficient (Wildman–Crippen LogP) is 2.70. The minimum absolute atomic E-state index is 0.107. The van der Waals surface area contributed by atoms with Crippen LogP contribution < -0.4 is 5.32 Å². The molecule has 3 heteroatoms. The van der Waals surface area contributed by atoms with Crippen LogP contribution in [0.5, 0.6) is 0 Å². The summed E-state index contributed by atoms with van der Waals surface area (Å²) in [6.07, 6.45) is 4.42. The van der Waals surface area contributed by atoms with E-state index in [9.17, 15) is 4.79 Å². The summed E-state index contributed by atoms with van der Waals surface area (Å²) in [6, 6.07) is 0.178. The van der Waals surface area contributed by atoms with Crippen molar-refractivity contribution >= 4 is 17.5 Å². The van der Waals surface area contributed by atoms with Crippen molar-refractivity contribution in [2.75, 3.05) is 0 Å². The summed E-state index contributed by atoms with van der Waals surface area (Å²) in [5.74, 6) is 0.107. The Labute approximate surface area is 91.4 Å². The average molecular weight is 218 g/mol. The molecule has 1 amide bonds. The van der Waals surface area contributed by atoms with Crippen molar-refractivity contribution < 1.29 is 4.79 Å². The second kappa shape index (κ2) is 4.52. The summed E-state index contributed by atoms with van der Waals surface area (Å²) in [5.41, 5.74) is -0.311. The molecule has 0 spiro atoms. The normalized spacial score (nSPS) is 28.6. The first-order chi connectivity index (χ1) is 6.41. The SMILES string of the molecule is CC(C)(C)C(=O)N[C@@H]1CCCC[C@H]1Cl. The molecule has 0 aromatic carbocycles. The van der Waals surface area contributed by atoms with Crippen LogP contribution in [0.4, 0.5) is 0 Å². The Morgan fingerprint density at radius 2 is 1.86 bits per heavy atom. The minimum atomic E-state index is -0.311. The molecule has 14 heavy (non-hydrogen) atoms. The second-order valence-corrected chi connectivity index (χ2v) is 5.69. The van der Waals surface area contributed by atoms with Crippen molar-refractivity contribution in [2.24, 2.45) is 5.41 Å². The first kappa shape index (κ1) is 11.8. The van der Waals surface area contributed by atoms with E-state index in [4.69, 9.17) is 11.6 Å². The van der Waals surface area contributed by atoms with Gasteiger partial charge < -0.3 is 5.32 Å². The Morgan fingerprint density at radius 3 is 2.36 bits per heavy atom. The molecule has 0 aromatic heterocycles. The van der Waals surface area contributed by atoms with Crippen LogP contribution in [0.25, 0.3) is 0 Å². The van der Waals surface area contributed by atoms with E-state index in [0.29, 0.717) is 0 Å². The van der Waals surface area contributed by atoms with Gasteiger partial charge in [0.05, 0.1) is 5.38 Å². The van der Waals surface area contributed by atoms with Gasteiger partial charge in [0.15, 0.2) is 0 Å². The molecule has 0 saturated heterocycles. The van der Waals surface area contributed by atoms with Crippen molar-refractivity contribution in [1.29, 1.82) is 0 Å². The molecule has 1 rings (SSSR count). The average Bonchev–Trinajstić information content (AvgIpc) is 2.07. The number of alkyl halides is 1. The van der Waals surface area contributed by atoms with Crippen molar-refractivity contribution in [3.05, 3.63) is 0 Å². The Balaban J connectivity index is 2.46. The third-order valence-electron chi connectivity index (χ3n) is 2.68. The van der Waals surface area contributed by atoms with Gasteiger partial charge in [-0.15, -0.1) is 11.6 Å². The van der Waals surface area contributed by atoms with Crippen LogP contribution >= 0.6 is 11.6 Å². The fourth-order valence-electron chi connectivity index (χ4n) is 1.63. The number of amides is 1. The first-order valence-electron chi connectivity index (χ1n) is 5.36. The quantitative estimate of drug-likeness (QED) is 0.673. The minimum Gasteiger partial charge on any atom is -0.351 e. The molecule has 1 fully saturated rings. The fraction of sp³-hybridized carbons (Fsp3) is 0.909. The second-order valence-electron chi connectivity index (χ2n) is 5.13. The Bertz CT molecular complexity index is 210. The number of hydrogen-bond acceptors (Lipinski definition) is 1. The van der Waals surface area contributed by atoms with E-state index in [2.05, 4.69) is 5.32 Å². The van der Waals surface area contributed by atoms with Gasteiger partial charge in [0.25, 0.3) is 0 Å². The highest BCUT2D eigenvalue weighted by molar-refractivity contribution is 6.21. The summed E-state index contributed by atoms with van der Waals surface area (Å²) in [4.78, 5) is 11.7. The molecule has 1 N–H and O–H groups in total. The van der Waals surface area contributed by atoms with Gasteiger partial charge in [0.2, 0.25) is 5.91 Å². The summed E-state index contributed by atoms with van der Waals surface area (Å²) in [5, 5.41) is 3.16. The van der Waals surface area contributed by atoms with Gasteiger partial charge in [0, 0.05) is 11.5 Å². The lowest BCUT2D eigenvalue weighted by molar-refractivity contribution is -0.129. The maximum Gasteiger partial charge on any atom is 0.225 e. The zero-order chi connectivity index (χ0) is 10.8. The molecular weight excluding hydrogens is 198 g/mol. The molecule has 1 aliphatic carbocycles. The molecule has 1 aliphatic rings. The molecule has 0 unspecified atom stereocenters. The Morgan fingerprint density at radius 1 is 1.29 bits per heavy atom. The number of halogens is 1. The highest BCUT2D eigenvalue weighted by Gasteiger charge is 2.28. The van der Waals surface area contributed by atoms with E-state index in [0.717, 1.165) is 12.8 Å². The van der Waals surface area contributed by atoms with Gasteiger partial charge >= 0.3 is 0 Å². The van der Waals surface area contributed by atoms with Crippen LogP contribution in [-0.4, -0.2) is 17.3 Å². The van der Waals surface area contributed by atoms with Gasteiger partial charge in [-0.3, -0.25) is 4.79 Å². The van der Waals surface area contributed by atoms with Crippen molar-refractivity contribution in [1.82, 2.24) is 5.32 Å². The number of carbonyl (C=O) groups excluding carboxylic acids is 1. The zero-order valence-electron chi connectivity index (χ0n) is 9.27. The van der Waals surface area contributed by atoms with Crippen LogP contribution in [0.2, 0.25) is 0 Å². The molecular formula is C11H20ClNO. The highest BCUT2D eigenvalue weighted by Crippen LogP contribution is 2.24. The van der Waals surface area contributed by atoms with Gasteiger partial charge in [-0.1, -0.05) is 33.6 Å². The molecule has 0 radical (unpaired) electrons. The van der Waals surface area contributed by atoms with E-state index in [1.54, 1.807) is 0 Å². The van der Waals surface area contributed by atoms with Crippen LogP contribution in [0.3, 0.4) is 0 Å². The molecule has 2 atom stereocenters. The topological polar surface area (TPSA) is 29.1 Å². The lowest BCUT2D eigenvalue weighted by atomic mass is 9.91. The van der Waals surface area contributed by atoms with Gasteiger partial charge in [-0.25, -0.2) is 0 Å². The summed E-state index contributed by atoms with van der Waals surface area (Å²) in [7, 11) is 0. The van der Waals surface area contributed by atoms with E-state index >= 15 is 0 Å². The van der Waals surface area contributed by atoms with Crippen molar-refractivity contribution in [2.45, 2.75) is 57.9 Å². The third kappa shape index (κ3) is 3.16. The first-order valence-corrected chi connectivity index (χ1v) is 5.80. The van der Waals surface area contributed by atoms with Gasteiger partial charge in [-0.2, -0.15) is 0 Å². The Hall–Kier alpha value is -0.240. The number of nitrogens with one attached hydrogen (secondary N) is 1. The molecule has 0 bridgehead atoms. The molecule has 82 valence electrons.